The molecule has 4 nitrogen and oxygen atoms in total. The van der Waals surface area contributed by atoms with Crippen LogP contribution in [0.3, 0.4) is 0 Å². The van der Waals surface area contributed by atoms with Gasteiger partial charge in [0.2, 0.25) is 0 Å². The van der Waals surface area contributed by atoms with Gasteiger partial charge in [-0.2, -0.15) is 5.26 Å². The van der Waals surface area contributed by atoms with Crippen molar-refractivity contribution in [2.24, 2.45) is 0 Å². The topological polar surface area (TPSA) is 51.5 Å². The molecule has 2 aromatic rings. The van der Waals surface area contributed by atoms with Gasteiger partial charge < -0.3 is 14.2 Å². The predicted molar refractivity (Wildman–Crippen MR) is 83.2 cm³/mol. The Morgan fingerprint density at radius 1 is 0.792 bits per heavy atom. The fourth-order valence-corrected chi connectivity index (χ4v) is 2.02. The van der Waals surface area contributed by atoms with Crippen molar-refractivity contribution in [3.8, 4) is 35.2 Å². The average Bonchev–Trinajstić information content (AvgIpc) is 2.58. The maximum atomic E-state index is 13.6. The van der Waals surface area contributed by atoms with Crippen LogP contribution in [0.2, 0.25) is 0 Å². The Balaban J connectivity index is 2.54. The summed E-state index contributed by atoms with van der Waals surface area (Å²) in [5.41, 5.74) is -0.143. The van der Waals surface area contributed by atoms with E-state index in [0.29, 0.717) is 22.8 Å². The van der Waals surface area contributed by atoms with E-state index < -0.39 is 17.2 Å². The summed E-state index contributed by atoms with van der Waals surface area (Å²) in [6.45, 7) is 0. The first-order valence-corrected chi connectivity index (χ1v) is 6.75. The van der Waals surface area contributed by atoms with Gasteiger partial charge in [0.05, 0.1) is 21.3 Å². The second-order valence-corrected chi connectivity index (χ2v) is 4.58. The van der Waals surface area contributed by atoms with Crippen LogP contribution >= 0.6 is 0 Å². The molecule has 0 aromatic heterocycles. The number of ether oxygens (including phenoxy) is 3. The number of halogens is 2. The molecule has 0 N–H and O–H groups in total. The Hall–Kier alpha value is -3.25. The molecule has 0 unspecified atom stereocenters. The second-order valence-electron chi connectivity index (χ2n) is 4.58. The standard InChI is InChI=1S/C18H13F2NO3/c1-22-12-8-17(23-2)13(18(9-12)24-3)5-4-11-6-15(19)14(10-21)16(20)7-11/h6-9H,1-3H3. The lowest BCUT2D eigenvalue weighted by atomic mass is 10.1. The normalized spacial score (nSPS) is 9.50. The predicted octanol–water partition coefficient (Wildman–Crippen LogP) is 3.26. The number of nitrogens with zero attached hydrogens (tertiary/aromatic N) is 1. The van der Waals surface area contributed by atoms with Crippen molar-refractivity contribution in [3.63, 3.8) is 0 Å². The molecule has 0 radical (unpaired) electrons. The Bertz CT molecular complexity index is 828. The average molecular weight is 329 g/mol. The molecule has 122 valence electrons. The lowest BCUT2D eigenvalue weighted by Gasteiger charge is -2.11. The van der Waals surface area contributed by atoms with Crippen molar-refractivity contribution < 1.29 is 23.0 Å². The minimum atomic E-state index is -0.963. The fraction of sp³-hybridized carbons (Fsp3) is 0.167. The summed E-state index contributed by atoms with van der Waals surface area (Å²) in [5, 5.41) is 8.67. The summed E-state index contributed by atoms with van der Waals surface area (Å²) in [5.74, 6) is 4.80. The van der Waals surface area contributed by atoms with Gasteiger partial charge in [0.25, 0.3) is 0 Å². The molecule has 0 spiro atoms. The van der Waals surface area contributed by atoms with Gasteiger partial charge in [-0.05, 0) is 12.1 Å². The molecule has 0 atom stereocenters. The molecule has 0 bridgehead atoms. The number of nitriles is 1. The number of benzene rings is 2. The van der Waals surface area contributed by atoms with Crippen LogP contribution in [0.1, 0.15) is 16.7 Å². The SMILES string of the molecule is COc1cc(OC)c(C#Cc2cc(F)c(C#N)c(F)c2)c(OC)c1. The minimum Gasteiger partial charge on any atom is -0.496 e. The van der Waals surface area contributed by atoms with Gasteiger partial charge in [0, 0.05) is 17.7 Å². The quantitative estimate of drug-likeness (QED) is 0.811. The molecule has 2 rings (SSSR count). The number of rotatable bonds is 3. The fourth-order valence-electron chi connectivity index (χ4n) is 2.02. The van der Waals surface area contributed by atoms with Gasteiger partial charge in [0.15, 0.2) is 0 Å². The van der Waals surface area contributed by atoms with E-state index in [0.717, 1.165) is 12.1 Å². The van der Waals surface area contributed by atoms with Crippen molar-refractivity contribution in [2.45, 2.75) is 0 Å². The molecule has 0 aliphatic carbocycles. The Kier molecular flexibility index (Phi) is 5.23. The monoisotopic (exact) mass is 329 g/mol. The minimum absolute atomic E-state index is 0.0870. The van der Waals surface area contributed by atoms with Crippen LogP contribution in [0.4, 0.5) is 8.78 Å². The van der Waals surface area contributed by atoms with E-state index in [1.807, 2.05) is 0 Å². The van der Waals surface area contributed by atoms with Crippen molar-refractivity contribution in [3.05, 3.63) is 52.6 Å². The summed E-state index contributed by atoms with van der Waals surface area (Å²) in [7, 11) is 4.42. The molecule has 0 saturated heterocycles. The third-order valence-corrected chi connectivity index (χ3v) is 3.20. The third kappa shape index (κ3) is 3.39. The maximum Gasteiger partial charge on any atom is 0.145 e. The summed E-state index contributed by atoms with van der Waals surface area (Å²) in [6.07, 6.45) is 0. The zero-order valence-electron chi connectivity index (χ0n) is 13.2. The van der Waals surface area contributed by atoms with Gasteiger partial charge >= 0.3 is 0 Å². The van der Waals surface area contributed by atoms with Gasteiger partial charge in [0.1, 0.15) is 46.1 Å². The van der Waals surface area contributed by atoms with Gasteiger partial charge in [-0.15, -0.1) is 0 Å². The van der Waals surface area contributed by atoms with Crippen LogP contribution in [0, 0.1) is 34.8 Å². The molecule has 24 heavy (non-hydrogen) atoms. The highest BCUT2D eigenvalue weighted by Gasteiger charge is 2.12. The molecule has 0 amide bonds. The van der Waals surface area contributed by atoms with Crippen LogP contribution in [0.25, 0.3) is 0 Å². The lowest BCUT2D eigenvalue weighted by Crippen LogP contribution is -1.96. The van der Waals surface area contributed by atoms with Crippen LogP contribution < -0.4 is 14.2 Å². The van der Waals surface area contributed by atoms with E-state index in [9.17, 15) is 8.78 Å². The first-order chi connectivity index (χ1) is 11.5. The van der Waals surface area contributed by atoms with Crippen LogP contribution in [0.15, 0.2) is 24.3 Å². The summed E-state index contributed by atoms with van der Waals surface area (Å²) < 4.78 is 42.9. The molecule has 0 aliphatic rings. The molecule has 0 aliphatic heterocycles. The molecule has 6 heteroatoms. The highest BCUT2D eigenvalue weighted by atomic mass is 19.1. The number of hydrogen-bond donors (Lipinski definition) is 0. The van der Waals surface area contributed by atoms with E-state index in [4.69, 9.17) is 19.5 Å². The summed E-state index contributed by atoms with van der Waals surface area (Å²) in [4.78, 5) is 0. The highest BCUT2D eigenvalue weighted by Crippen LogP contribution is 2.33. The number of hydrogen-bond acceptors (Lipinski definition) is 4. The number of methoxy groups -OCH3 is 3. The zero-order chi connectivity index (χ0) is 17.7. The first-order valence-electron chi connectivity index (χ1n) is 6.75. The molecule has 0 fully saturated rings. The van der Waals surface area contributed by atoms with Crippen molar-refractivity contribution in [1.82, 2.24) is 0 Å². The van der Waals surface area contributed by atoms with E-state index >= 15 is 0 Å². The van der Waals surface area contributed by atoms with Gasteiger partial charge in [-0.25, -0.2) is 8.78 Å². The van der Waals surface area contributed by atoms with Gasteiger partial charge in [-0.3, -0.25) is 0 Å². The third-order valence-electron chi connectivity index (χ3n) is 3.20. The Morgan fingerprint density at radius 2 is 1.33 bits per heavy atom. The highest BCUT2D eigenvalue weighted by molar-refractivity contribution is 5.60. The lowest BCUT2D eigenvalue weighted by molar-refractivity contribution is 0.374. The summed E-state index contributed by atoms with van der Waals surface area (Å²) >= 11 is 0. The van der Waals surface area contributed by atoms with E-state index in [-0.39, 0.29) is 5.56 Å². The van der Waals surface area contributed by atoms with Crippen LogP contribution in [-0.4, -0.2) is 21.3 Å². The molecular weight excluding hydrogens is 316 g/mol. The van der Waals surface area contributed by atoms with Crippen molar-refractivity contribution in [2.75, 3.05) is 21.3 Å². The van der Waals surface area contributed by atoms with Gasteiger partial charge in [-0.1, -0.05) is 11.8 Å². The molecule has 2 aromatic carbocycles. The van der Waals surface area contributed by atoms with E-state index in [2.05, 4.69) is 11.8 Å². The second kappa shape index (κ2) is 7.34. The Labute approximate surface area is 138 Å². The smallest absolute Gasteiger partial charge is 0.145 e. The van der Waals surface area contributed by atoms with E-state index in [1.54, 1.807) is 12.1 Å². The molecule has 0 heterocycles. The molecule has 0 saturated carbocycles. The zero-order valence-corrected chi connectivity index (χ0v) is 13.2. The largest absolute Gasteiger partial charge is 0.496 e. The van der Waals surface area contributed by atoms with E-state index in [1.165, 1.54) is 27.4 Å². The van der Waals surface area contributed by atoms with Crippen LogP contribution in [0.5, 0.6) is 17.2 Å². The first kappa shape index (κ1) is 17.1. The van der Waals surface area contributed by atoms with Crippen LogP contribution in [-0.2, 0) is 0 Å². The van der Waals surface area contributed by atoms with Crippen molar-refractivity contribution >= 4 is 0 Å². The van der Waals surface area contributed by atoms with Crippen molar-refractivity contribution in [1.29, 1.82) is 5.26 Å². The maximum absolute atomic E-state index is 13.6. The Morgan fingerprint density at radius 3 is 1.75 bits per heavy atom. The summed E-state index contributed by atoms with van der Waals surface area (Å²) in [6, 6.07) is 6.69. The molecular formula is C18H13F2NO3.